The van der Waals surface area contributed by atoms with Crippen LogP contribution in [-0.2, 0) is 6.42 Å². The molecular weight excluding hydrogens is 192 g/mol. The average Bonchev–Trinajstić information content (AvgIpc) is 2.72. The van der Waals surface area contributed by atoms with Gasteiger partial charge in [0, 0.05) is 6.42 Å². The molecule has 0 saturated carbocycles. The van der Waals surface area contributed by atoms with E-state index < -0.39 is 0 Å². The molecule has 1 aromatic rings. The zero-order valence-corrected chi connectivity index (χ0v) is 9.09. The van der Waals surface area contributed by atoms with Crippen LogP contribution in [0, 0.1) is 0 Å². The van der Waals surface area contributed by atoms with Gasteiger partial charge < -0.3 is 5.11 Å². The summed E-state index contributed by atoms with van der Waals surface area (Å²) in [4.78, 5) is 0. The van der Waals surface area contributed by atoms with E-state index in [-0.39, 0.29) is 6.10 Å². The van der Waals surface area contributed by atoms with Crippen molar-refractivity contribution in [2.45, 2.75) is 38.2 Å². The first-order valence-corrected chi connectivity index (χ1v) is 6.18. The van der Waals surface area contributed by atoms with Gasteiger partial charge in [0.15, 0.2) is 0 Å². The van der Waals surface area contributed by atoms with Gasteiger partial charge in [-0.15, -0.1) is 0 Å². The first kappa shape index (κ1) is 9.94. The van der Waals surface area contributed by atoms with Crippen molar-refractivity contribution in [3.8, 4) is 0 Å². The first-order valence-electron chi connectivity index (χ1n) is 5.24. The van der Waals surface area contributed by atoms with Gasteiger partial charge in [-0.25, -0.2) is 0 Å². The molecule has 1 nitrogen and oxygen atoms in total. The van der Waals surface area contributed by atoms with Crippen molar-refractivity contribution in [3.63, 3.8) is 0 Å². The van der Waals surface area contributed by atoms with Crippen molar-refractivity contribution in [1.82, 2.24) is 0 Å². The van der Waals surface area contributed by atoms with Gasteiger partial charge in [0.05, 0.1) is 6.10 Å². The normalized spacial score (nSPS) is 19.1. The van der Waals surface area contributed by atoms with Gasteiger partial charge >= 0.3 is 0 Å². The zero-order chi connectivity index (χ0) is 9.80. The van der Waals surface area contributed by atoms with E-state index in [0.717, 1.165) is 19.3 Å². The van der Waals surface area contributed by atoms with Crippen molar-refractivity contribution >= 4 is 11.3 Å². The summed E-state index contributed by atoms with van der Waals surface area (Å²) in [7, 11) is 0. The lowest BCUT2D eigenvalue weighted by atomic mass is 9.93. The van der Waals surface area contributed by atoms with Gasteiger partial charge in [-0.05, 0) is 53.6 Å². The second-order valence-corrected chi connectivity index (χ2v) is 4.66. The summed E-state index contributed by atoms with van der Waals surface area (Å²) >= 11 is 1.70. The SMILES string of the molecule is OC(Cc1ccsc1)C1=CCCCC1. The monoisotopic (exact) mass is 208 g/mol. The van der Waals surface area contributed by atoms with Gasteiger partial charge in [0.25, 0.3) is 0 Å². The number of allylic oxidation sites excluding steroid dienone is 1. The molecule has 76 valence electrons. The lowest BCUT2D eigenvalue weighted by molar-refractivity contribution is 0.204. The van der Waals surface area contributed by atoms with E-state index in [9.17, 15) is 5.11 Å². The van der Waals surface area contributed by atoms with Crippen LogP contribution in [-0.4, -0.2) is 11.2 Å². The highest BCUT2D eigenvalue weighted by atomic mass is 32.1. The molecule has 0 amide bonds. The Kier molecular flexibility index (Phi) is 3.38. The van der Waals surface area contributed by atoms with Crippen LogP contribution in [0.25, 0.3) is 0 Å². The number of aliphatic hydroxyl groups excluding tert-OH is 1. The number of hydrogen-bond acceptors (Lipinski definition) is 2. The molecule has 0 fully saturated rings. The van der Waals surface area contributed by atoms with Crippen molar-refractivity contribution in [3.05, 3.63) is 34.0 Å². The Morgan fingerprint density at radius 3 is 3.00 bits per heavy atom. The molecule has 0 aliphatic heterocycles. The second-order valence-electron chi connectivity index (χ2n) is 3.88. The van der Waals surface area contributed by atoms with Crippen molar-refractivity contribution in [2.75, 3.05) is 0 Å². The Hall–Kier alpha value is -0.600. The Bertz CT molecular complexity index is 300. The first-order chi connectivity index (χ1) is 6.86. The van der Waals surface area contributed by atoms with Gasteiger partial charge in [-0.1, -0.05) is 6.08 Å². The molecule has 1 N–H and O–H groups in total. The molecule has 1 aliphatic rings. The summed E-state index contributed by atoms with van der Waals surface area (Å²) in [6.45, 7) is 0. The van der Waals surface area contributed by atoms with E-state index in [1.54, 1.807) is 11.3 Å². The lowest BCUT2D eigenvalue weighted by Crippen LogP contribution is -2.15. The van der Waals surface area contributed by atoms with Gasteiger partial charge in [0.2, 0.25) is 0 Å². The maximum Gasteiger partial charge on any atom is 0.0790 e. The molecule has 0 saturated heterocycles. The molecular formula is C12H16OS. The molecule has 2 rings (SSSR count). The van der Waals surface area contributed by atoms with Crippen molar-refractivity contribution in [1.29, 1.82) is 0 Å². The quantitative estimate of drug-likeness (QED) is 0.757. The summed E-state index contributed by atoms with van der Waals surface area (Å²) in [6, 6.07) is 2.09. The van der Waals surface area contributed by atoms with Crippen molar-refractivity contribution < 1.29 is 5.11 Å². The topological polar surface area (TPSA) is 20.2 Å². The molecule has 1 unspecified atom stereocenters. The number of rotatable bonds is 3. The summed E-state index contributed by atoms with van der Waals surface area (Å²) < 4.78 is 0. The van der Waals surface area contributed by atoms with Crippen LogP contribution in [0.2, 0.25) is 0 Å². The smallest absolute Gasteiger partial charge is 0.0790 e. The third kappa shape index (κ3) is 2.46. The van der Waals surface area contributed by atoms with Crippen LogP contribution < -0.4 is 0 Å². The van der Waals surface area contributed by atoms with Gasteiger partial charge in [0.1, 0.15) is 0 Å². The molecule has 1 heterocycles. The van der Waals surface area contributed by atoms with Crippen LogP contribution in [0.1, 0.15) is 31.2 Å². The molecule has 1 aliphatic carbocycles. The minimum Gasteiger partial charge on any atom is -0.388 e. The Morgan fingerprint density at radius 2 is 2.36 bits per heavy atom. The fraction of sp³-hybridized carbons (Fsp3) is 0.500. The predicted octanol–water partition coefficient (Wildman–Crippen LogP) is 3.15. The largest absolute Gasteiger partial charge is 0.388 e. The lowest BCUT2D eigenvalue weighted by Gasteiger charge is -2.18. The predicted molar refractivity (Wildman–Crippen MR) is 60.6 cm³/mol. The Balaban J connectivity index is 1.95. The van der Waals surface area contributed by atoms with E-state index in [1.165, 1.54) is 24.0 Å². The highest BCUT2D eigenvalue weighted by molar-refractivity contribution is 7.07. The number of aliphatic hydroxyl groups is 1. The maximum atomic E-state index is 9.98. The number of hydrogen-bond donors (Lipinski definition) is 1. The zero-order valence-electron chi connectivity index (χ0n) is 8.28. The standard InChI is InChI=1S/C12H16OS/c13-12(8-10-6-7-14-9-10)11-4-2-1-3-5-11/h4,6-7,9,12-13H,1-3,5,8H2. The number of thiophene rings is 1. The van der Waals surface area contributed by atoms with E-state index >= 15 is 0 Å². The Labute approximate surface area is 89.1 Å². The summed E-state index contributed by atoms with van der Waals surface area (Å²) in [5, 5.41) is 14.2. The second kappa shape index (κ2) is 4.76. The highest BCUT2D eigenvalue weighted by Gasteiger charge is 2.13. The molecule has 1 atom stereocenters. The average molecular weight is 208 g/mol. The van der Waals surface area contributed by atoms with Crippen LogP contribution in [0.4, 0.5) is 0 Å². The summed E-state index contributed by atoms with van der Waals surface area (Å²) in [6.07, 6.45) is 7.53. The summed E-state index contributed by atoms with van der Waals surface area (Å²) in [5.41, 5.74) is 2.51. The third-order valence-corrected chi connectivity index (χ3v) is 3.50. The fourth-order valence-corrected chi connectivity index (χ4v) is 2.61. The molecule has 0 radical (unpaired) electrons. The van der Waals surface area contributed by atoms with Crippen molar-refractivity contribution in [2.24, 2.45) is 0 Å². The molecule has 14 heavy (non-hydrogen) atoms. The molecule has 0 bridgehead atoms. The maximum absolute atomic E-state index is 9.98. The minimum atomic E-state index is -0.245. The van der Waals surface area contributed by atoms with Gasteiger partial charge in [-0.3, -0.25) is 0 Å². The van der Waals surface area contributed by atoms with E-state index in [4.69, 9.17) is 0 Å². The molecule has 0 spiro atoms. The molecule has 2 heteroatoms. The van der Waals surface area contributed by atoms with E-state index in [0.29, 0.717) is 0 Å². The van der Waals surface area contributed by atoms with E-state index in [1.807, 2.05) is 0 Å². The highest BCUT2D eigenvalue weighted by Crippen LogP contribution is 2.22. The van der Waals surface area contributed by atoms with Gasteiger partial charge in [-0.2, -0.15) is 11.3 Å². The van der Waals surface area contributed by atoms with Crippen LogP contribution in [0.5, 0.6) is 0 Å². The van der Waals surface area contributed by atoms with Crippen LogP contribution in [0.3, 0.4) is 0 Å². The Morgan fingerprint density at radius 1 is 1.43 bits per heavy atom. The third-order valence-electron chi connectivity index (χ3n) is 2.76. The van der Waals surface area contributed by atoms with Crippen LogP contribution >= 0.6 is 11.3 Å². The fourth-order valence-electron chi connectivity index (χ4n) is 1.93. The van der Waals surface area contributed by atoms with Crippen LogP contribution in [0.15, 0.2) is 28.5 Å². The summed E-state index contributed by atoms with van der Waals surface area (Å²) in [5.74, 6) is 0. The molecule has 1 aromatic heterocycles. The van der Waals surface area contributed by atoms with E-state index in [2.05, 4.69) is 22.9 Å². The minimum absolute atomic E-state index is 0.245. The molecule has 0 aromatic carbocycles.